The van der Waals surface area contributed by atoms with Crippen LogP contribution < -0.4 is 0 Å². The zero-order valence-corrected chi connectivity index (χ0v) is 14.9. The molecular formula is C16H21BrN2S. The van der Waals surface area contributed by atoms with Gasteiger partial charge in [0, 0.05) is 17.2 Å². The van der Waals surface area contributed by atoms with Gasteiger partial charge >= 0.3 is 0 Å². The van der Waals surface area contributed by atoms with E-state index in [4.69, 9.17) is 0 Å². The highest BCUT2D eigenvalue weighted by Gasteiger charge is 2.12. The van der Waals surface area contributed by atoms with Crippen molar-refractivity contribution in [2.24, 2.45) is 0 Å². The third-order valence-corrected chi connectivity index (χ3v) is 5.43. The maximum absolute atomic E-state index is 4.53. The van der Waals surface area contributed by atoms with E-state index in [1.54, 1.807) is 0 Å². The lowest BCUT2D eigenvalue weighted by Gasteiger charge is -2.08. The fourth-order valence-corrected chi connectivity index (χ4v) is 3.64. The van der Waals surface area contributed by atoms with E-state index < -0.39 is 0 Å². The molecule has 108 valence electrons. The lowest BCUT2D eigenvalue weighted by atomic mass is 10.0. The molecule has 4 heteroatoms. The van der Waals surface area contributed by atoms with Crippen LogP contribution in [0.1, 0.15) is 43.6 Å². The molecule has 20 heavy (non-hydrogen) atoms. The van der Waals surface area contributed by atoms with Crippen molar-refractivity contribution in [1.29, 1.82) is 0 Å². The summed E-state index contributed by atoms with van der Waals surface area (Å²) >= 11 is 5.51. The van der Waals surface area contributed by atoms with Crippen molar-refractivity contribution in [1.82, 2.24) is 9.78 Å². The number of nitrogens with zero attached hydrogens (tertiary/aromatic N) is 2. The first-order chi connectivity index (χ1) is 9.52. The number of hydrogen-bond donors (Lipinski definition) is 0. The molecule has 0 aliphatic carbocycles. The standard InChI is InChI=1S/C16H21BrN2S/c1-5-19-15(16(17)12(4)18-19)10-20-14-8-6-13(7-9-14)11(2)3/h6-9,11H,5,10H2,1-4H3. The summed E-state index contributed by atoms with van der Waals surface area (Å²) in [4.78, 5) is 1.31. The Hall–Kier alpha value is -0.740. The lowest BCUT2D eigenvalue weighted by Crippen LogP contribution is -2.01. The Morgan fingerprint density at radius 1 is 1.25 bits per heavy atom. The average Bonchev–Trinajstić information content (AvgIpc) is 2.72. The molecule has 2 aromatic rings. The zero-order chi connectivity index (χ0) is 14.7. The van der Waals surface area contributed by atoms with Gasteiger partial charge in [0.05, 0.1) is 15.9 Å². The fourth-order valence-electron chi connectivity index (χ4n) is 2.11. The molecule has 2 nitrogen and oxygen atoms in total. The Kier molecular flexibility index (Phi) is 5.33. The largest absolute Gasteiger partial charge is 0.268 e. The maximum atomic E-state index is 4.53. The summed E-state index contributed by atoms with van der Waals surface area (Å²) in [6.45, 7) is 9.53. The SMILES string of the molecule is CCn1nc(C)c(Br)c1CSc1ccc(C(C)C)cc1. The van der Waals surface area contributed by atoms with Crippen molar-refractivity contribution in [3.8, 4) is 0 Å². The van der Waals surface area contributed by atoms with Gasteiger partial charge in [0.1, 0.15) is 0 Å². The molecule has 0 saturated carbocycles. The summed E-state index contributed by atoms with van der Waals surface area (Å²) in [6.07, 6.45) is 0. The van der Waals surface area contributed by atoms with Gasteiger partial charge in [-0.1, -0.05) is 26.0 Å². The van der Waals surface area contributed by atoms with Crippen molar-refractivity contribution in [3.05, 3.63) is 45.7 Å². The lowest BCUT2D eigenvalue weighted by molar-refractivity contribution is 0.631. The van der Waals surface area contributed by atoms with E-state index in [1.165, 1.54) is 16.2 Å². The normalized spacial score (nSPS) is 11.3. The molecule has 0 aliphatic rings. The molecule has 0 amide bonds. The quantitative estimate of drug-likeness (QED) is 0.671. The van der Waals surface area contributed by atoms with Crippen LogP contribution in [-0.2, 0) is 12.3 Å². The molecule has 1 aromatic heterocycles. The monoisotopic (exact) mass is 352 g/mol. The molecule has 0 saturated heterocycles. The highest BCUT2D eigenvalue weighted by atomic mass is 79.9. The number of rotatable bonds is 5. The Labute approximate surface area is 134 Å². The molecule has 1 aromatic carbocycles. The van der Waals surface area contributed by atoms with Gasteiger partial charge in [0.2, 0.25) is 0 Å². The number of halogens is 1. The van der Waals surface area contributed by atoms with Crippen molar-refractivity contribution in [2.75, 3.05) is 0 Å². The molecule has 0 spiro atoms. The van der Waals surface area contributed by atoms with Gasteiger partial charge in [-0.3, -0.25) is 4.68 Å². The van der Waals surface area contributed by atoms with Crippen LogP contribution in [0, 0.1) is 6.92 Å². The minimum atomic E-state index is 0.590. The second-order valence-corrected chi connectivity index (χ2v) is 7.02. The first-order valence-corrected chi connectivity index (χ1v) is 8.75. The highest BCUT2D eigenvalue weighted by Crippen LogP contribution is 2.29. The van der Waals surface area contributed by atoms with Crippen molar-refractivity contribution >= 4 is 27.7 Å². The van der Waals surface area contributed by atoms with Gasteiger partial charge in [-0.2, -0.15) is 5.10 Å². The van der Waals surface area contributed by atoms with Gasteiger partial charge in [-0.15, -0.1) is 11.8 Å². The van der Waals surface area contributed by atoms with Gasteiger partial charge in [0.15, 0.2) is 0 Å². The molecular weight excluding hydrogens is 332 g/mol. The maximum Gasteiger partial charge on any atom is 0.0739 e. The first-order valence-electron chi connectivity index (χ1n) is 6.97. The molecule has 0 unspecified atom stereocenters. The molecule has 0 fully saturated rings. The number of aryl methyl sites for hydroxylation is 2. The molecule has 1 heterocycles. The summed E-state index contributed by atoms with van der Waals surface area (Å²) in [5.41, 5.74) is 3.73. The van der Waals surface area contributed by atoms with Crippen molar-refractivity contribution in [2.45, 2.75) is 50.8 Å². The van der Waals surface area contributed by atoms with Crippen LogP contribution in [0.4, 0.5) is 0 Å². The summed E-state index contributed by atoms with van der Waals surface area (Å²) in [5, 5.41) is 4.53. The van der Waals surface area contributed by atoms with Crippen LogP contribution in [0.25, 0.3) is 0 Å². The number of benzene rings is 1. The van der Waals surface area contributed by atoms with Gasteiger partial charge in [-0.25, -0.2) is 0 Å². The van der Waals surface area contributed by atoms with Crippen LogP contribution in [0.2, 0.25) is 0 Å². The second-order valence-electron chi connectivity index (χ2n) is 5.17. The van der Waals surface area contributed by atoms with E-state index in [0.29, 0.717) is 5.92 Å². The zero-order valence-electron chi connectivity index (χ0n) is 12.5. The first kappa shape index (κ1) is 15.6. The van der Waals surface area contributed by atoms with Crippen LogP contribution in [0.15, 0.2) is 33.6 Å². The van der Waals surface area contributed by atoms with Crippen molar-refractivity contribution in [3.63, 3.8) is 0 Å². The molecule has 0 atom stereocenters. The molecule has 0 aliphatic heterocycles. The topological polar surface area (TPSA) is 17.8 Å². The summed E-state index contributed by atoms with van der Waals surface area (Å²) in [6, 6.07) is 8.88. The predicted molar refractivity (Wildman–Crippen MR) is 90.4 cm³/mol. The van der Waals surface area contributed by atoms with Crippen LogP contribution in [-0.4, -0.2) is 9.78 Å². The van der Waals surface area contributed by atoms with E-state index in [2.05, 4.69) is 70.7 Å². The van der Waals surface area contributed by atoms with Gasteiger partial charge in [-0.05, 0) is 53.4 Å². The molecule has 0 bridgehead atoms. The van der Waals surface area contributed by atoms with Gasteiger partial charge in [0.25, 0.3) is 0 Å². The van der Waals surface area contributed by atoms with Crippen LogP contribution in [0.5, 0.6) is 0 Å². The Balaban J connectivity index is 2.09. The average molecular weight is 353 g/mol. The van der Waals surface area contributed by atoms with E-state index in [1.807, 2.05) is 18.7 Å². The number of aromatic nitrogens is 2. The van der Waals surface area contributed by atoms with Crippen LogP contribution >= 0.6 is 27.7 Å². The predicted octanol–water partition coefficient (Wildman–Crippen LogP) is 5.39. The summed E-state index contributed by atoms with van der Waals surface area (Å²) < 4.78 is 3.22. The van der Waals surface area contributed by atoms with E-state index >= 15 is 0 Å². The van der Waals surface area contributed by atoms with E-state index in [-0.39, 0.29) is 0 Å². The van der Waals surface area contributed by atoms with Gasteiger partial charge < -0.3 is 0 Å². The number of thioether (sulfide) groups is 1. The Morgan fingerprint density at radius 3 is 2.45 bits per heavy atom. The Bertz CT molecular complexity index is 573. The Morgan fingerprint density at radius 2 is 1.90 bits per heavy atom. The van der Waals surface area contributed by atoms with Crippen molar-refractivity contribution < 1.29 is 0 Å². The minimum absolute atomic E-state index is 0.590. The third-order valence-electron chi connectivity index (χ3n) is 3.38. The molecule has 0 N–H and O–H groups in total. The summed E-state index contributed by atoms with van der Waals surface area (Å²) in [7, 11) is 0. The summed E-state index contributed by atoms with van der Waals surface area (Å²) in [5.74, 6) is 1.53. The second kappa shape index (κ2) is 6.81. The third kappa shape index (κ3) is 3.47. The molecule has 0 radical (unpaired) electrons. The van der Waals surface area contributed by atoms with Crippen LogP contribution in [0.3, 0.4) is 0 Å². The smallest absolute Gasteiger partial charge is 0.0739 e. The van der Waals surface area contributed by atoms with E-state index in [0.717, 1.165) is 22.5 Å². The molecule has 2 rings (SSSR count). The minimum Gasteiger partial charge on any atom is -0.268 e. The number of hydrogen-bond acceptors (Lipinski definition) is 2. The fraction of sp³-hybridized carbons (Fsp3) is 0.438. The van der Waals surface area contributed by atoms with E-state index in [9.17, 15) is 0 Å². The highest BCUT2D eigenvalue weighted by molar-refractivity contribution is 9.10.